The van der Waals surface area contributed by atoms with Crippen LogP contribution in [0, 0.1) is 12.3 Å². The molecule has 1 fully saturated rings. The molecule has 0 amide bonds. The number of piperidine rings is 1. The van der Waals surface area contributed by atoms with Gasteiger partial charge in [0.05, 0.1) is 0 Å². The van der Waals surface area contributed by atoms with E-state index < -0.39 is 5.60 Å². The van der Waals surface area contributed by atoms with Crippen molar-refractivity contribution < 1.29 is 5.11 Å². The lowest BCUT2D eigenvalue weighted by Crippen LogP contribution is -2.43. The molecule has 0 aromatic carbocycles. The molecule has 0 saturated carbocycles. The van der Waals surface area contributed by atoms with E-state index in [1.54, 1.807) is 0 Å². The van der Waals surface area contributed by atoms with Gasteiger partial charge >= 0.3 is 0 Å². The quantitative estimate of drug-likeness (QED) is 0.553. The maximum absolute atomic E-state index is 9.63. The molecule has 0 spiro atoms. The molecule has 1 rings (SSSR count). The largest absolute Gasteiger partial charge is 0.378 e. The van der Waals surface area contributed by atoms with E-state index in [1.165, 1.54) is 0 Å². The molecule has 0 aromatic rings. The Morgan fingerprint density at radius 1 is 1.55 bits per heavy atom. The summed E-state index contributed by atoms with van der Waals surface area (Å²) in [4.78, 5) is 2.30. The summed E-state index contributed by atoms with van der Waals surface area (Å²) >= 11 is 0. The third-order valence-corrected chi connectivity index (χ3v) is 2.40. The van der Waals surface area contributed by atoms with Crippen LogP contribution in [0.25, 0.3) is 0 Å². The van der Waals surface area contributed by atoms with Crippen LogP contribution >= 0.6 is 0 Å². The second kappa shape index (κ2) is 3.25. The molecule has 11 heavy (non-hydrogen) atoms. The maximum Gasteiger partial charge on any atom is 0.127 e. The standard InChI is InChI=1S/C9H15NO/c1-3-9(11)5-7-10(4-2)8-6-9/h1,11H,4-8H2,2H3. The highest BCUT2D eigenvalue weighted by molar-refractivity contribution is 5.09. The monoisotopic (exact) mass is 153 g/mol. The molecule has 2 heteroatoms. The van der Waals surface area contributed by atoms with Gasteiger partial charge in [0.15, 0.2) is 0 Å². The van der Waals surface area contributed by atoms with Crippen molar-refractivity contribution in [3.05, 3.63) is 0 Å². The van der Waals surface area contributed by atoms with Gasteiger partial charge < -0.3 is 10.0 Å². The van der Waals surface area contributed by atoms with E-state index in [9.17, 15) is 5.11 Å². The number of terminal acetylenes is 1. The fourth-order valence-corrected chi connectivity index (χ4v) is 1.38. The zero-order valence-corrected chi connectivity index (χ0v) is 7.01. The van der Waals surface area contributed by atoms with Crippen molar-refractivity contribution in [3.63, 3.8) is 0 Å². The molecule has 1 heterocycles. The first-order valence-electron chi connectivity index (χ1n) is 4.13. The van der Waals surface area contributed by atoms with Crippen LogP contribution in [0.1, 0.15) is 19.8 Å². The summed E-state index contributed by atoms with van der Waals surface area (Å²) < 4.78 is 0. The average Bonchev–Trinajstić information content (AvgIpc) is 2.06. The first kappa shape index (κ1) is 8.58. The van der Waals surface area contributed by atoms with E-state index in [0.29, 0.717) is 0 Å². The van der Waals surface area contributed by atoms with Gasteiger partial charge in [-0.25, -0.2) is 0 Å². The Morgan fingerprint density at radius 2 is 2.09 bits per heavy atom. The fourth-order valence-electron chi connectivity index (χ4n) is 1.38. The van der Waals surface area contributed by atoms with E-state index in [0.717, 1.165) is 32.5 Å². The molecule has 0 aliphatic carbocycles. The summed E-state index contributed by atoms with van der Waals surface area (Å²) in [5.74, 6) is 2.45. The molecule has 0 aromatic heterocycles. The minimum absolute atomic E-state index is 0.720. The lowest BCUT2D eigenvalue weighted by atomic mass is 9.92. The predicted octanol–water partition coefficient (Wildman–Crippen LogP) is 0.466. The Kier molecular flexibility index (Phi) is 2.53. The first-order chi connectivity index (χ1) is 5.20. The second-order valence-electron chi connectivity index (χ2n) is 3.11. The summed E-state index contributed by atoms with van der Waals surface area (Å²) in [6.07, 6.45) is 6.65. The molecule has 1 aliphatic rings. The topological polar surface area (TPSA) is 23.5 Å². The molecule has 62 valence electrons. The van der Waals surface area contributed by atoms with Gasteiger partial charge in [0, 0.05) is 25.9 Å². The van der Waals surface area contributed by atoms with Gasteiger partial charge in [-0.1, -0.05) is 12.8 Å². The predicted molar refractivity (Wildman–Crippen MR) is 45.1 cm³/mol. The highest BCUT2D eigenvalue weighted by atomic mass is 16.3. The molecular weight excluding hydrogens is 138 g/mol. The van der Waals surface area contributed by atoms with E-state index in [1.807, 2.05) is 0 Å². The third kappa shape index (κ3) is 1.95. The molecule has 0 radical (unpaired) electrons. The minimum atomic E-state index is -0.814. The Balaban J connectivity index is 2.43. The zero-order valence-electron chi connectivity index (χ0n) is 7.01. The van der Waals surface area contributed by atoms with Crippen LogP contribution in [0.5, 0.6) is 0 Å². The summed E-state index contributed by atoms with van der Waals surface area (Å²) in [6, 6.07) is 0. The van der Waals surface area contributed by atoms with E-state index >= 15 is 0 Å². The summed E-state index contributed by atoms with van der Waals surface area (Å²) in [5.41, 5.74) is -0.814. The third-order valence-electron chi connectivity index (χ3n) is 2.40. The zero-order chi connectivity index (χ0) is 8.32. The Labute approximate surface area is 68.2 Å². The summed E-state index contributed by atoms with van der Waals surface area (Å²) in [6.45, 7) is 5.04. The van der Waals surface area contributed by atoms with Crippen molar-refractivity contribution in [3.8, 4) is 12.3 Å². The number of hydrogen-bond donors (Lipinski definition) is 1. The van der Waals surface area contributed by atoms with Crippen LogP contribution in [0.3, 0.4) is 0 Å². The Hall–Kier alpha value is -0.520. The highest BCUT2D eigenvalue weighted by Gasteiger charge is 2.29. The SMILES string of the molecule is C#CC1(O)CCN(CC)CC1. The smallest absolute Gasteiger partial charge is 0.127 e. The minimum Gasteiger partial charge on any atom is -0.378 e. The number of likely N-dealkylation sites (tertiary alicyclic amines) is 1. The fraction of sp³-hybridized carbons (Fsp3) is 0.778. The van der Waals surface area contributed by atoms with Crippen molar-refractivity contribution >= 4 is 0 Å². The van der Waals surface area contributed by atoms with Gasteiger partial charge in [-0.15, -0.1) is 6.42 Å². The van der Waals surface area contributed by atoms with Crippen molar-refractivity contribution in [2.24, 2.45) is 0 Å². The van der Waals surface area contributed by atoms with Crippen molar-refractivity contribution in [1.82, 2.24) is 4.90 Å². The highest BCUT2D eigenvalue weighted by Crippen LogP contribution is 2.20. The molecule has 1 saturated heterocycles. The molecule has 1 N–H and O–H groups in total. The van der Waals surface area contributed by atoms with Crippen LogP contribution in [0.15, 0.2) is 0 Å². The van der Waals surface area contributed by atoms with Crippen molar-refractivity contribution in [1.29, 1.82) is 0 Å². The van der Waals surface area contributed by atoms with Gasteiger partial charge in [-0.3, -0.25) is 0 Å². The first-order valence-corrected chi connectivity index (χ1v) is 4.13. The van der Waals surface area contributed by atoms with Crippen LogP contribution in [0.4, 0.5) is 0 Å². The van der Waals surface area contributed by atoms with Crippen molar-refractivity contribution in [2.45, 2.75) is 25.4 Å². The van der Waals surface area contributed by atoms with Gasteiger partial charge in [0.1, 0.15) is 5.60 Å². The lowest BCUT2D eigenvalue weighted by molar-refractivity contribution is 0.0290. The Morgan fingerprint density at radius 3 is 2.45 bits per heavy atom. The molecule has 2 nitrogen and oxygen atoms in total. The molecule has 0 bridgehead atoms. The van der Waals surface area contributed by atoms with Crippen LogP contribution in [-0.4, -0.2) is 35.2 Å². The van der Waals surface area contributed by atoms with Crippen LogP contribution in [-0.2, 0) is 0 Å². The average molecular weight is 153 g/mol. The second-order valence-corrected chi connectivity index (χ2v) is 3.11. The van der Waals surface area contributed by atoms with Crippen molar-refractivity contribution in [2.75, 3.05) is 19.6 Å². The molecule has 0 atom stereocenters. The number of hydrogen-bond acceptors (Lipinski definition) is 2. The number of aliphatic hydroxyl groups is 1. The van der Waals surface area contributed by atoms with E-state index in [-0.39, 0.29) is 0 Å². The lowest BCUT2D eigenvalue weighted by Gasteiger charge is -2.34. The maximum atomic E-state index is 9.63. The van der Waals surface area contributed by atoms with Gasteiger partial charge in [-0.2, -0.15) is 0 Å². The van der Waals surface area contributed by atoms with E-state index in [4.69, 9.17) is 6.42 Å². The molecule has 1 aliphatic heterocycles. The number of rotatable bonds is 1. The van der Waals surface area contributed by atoms with Gasteiger partial charge in [0.2, 0.25) is 0 Å². The van der Waals surface area contributed by atoms with Gasteiger partial charge in [0.25, 0.3) is 0 Å². The molecular formula is C9H15NO. The number of nitrogens with zero attached hydrogens (tertiary/aromatic N) is 1. The van der Waals surface area contributed by atoms with Crippen LogP contribution in [0.2, 0.25) is 0 Å². The summed E-state index contributed by atoms with van der Waals surface area (Å²) in [7, 11) is 0. The molecule has 0 unspecified atom stereocenters. The Bertz CT molecular complexity index is 163. The normalized spacial score (nSPS) is 24.5. The van der Waals surface area contributed by atoms with E-state index in [2.05, 4.69) is 17.7 Å². The van der Waals surface area contributed by atoms with Crippen LogP contribution < -0.4 is 0 Å². The summed E-state index contributed by atoms with van der Waals surface area (Å²) in [5, 5.41) is 9.63. The van der Waals surface area contributed by atoms with Gasteiger partial charge in [-0.05, 0) is 6.54 Å².